The van der Waals surface area contributed by atoms with Gasteiger partial charge in [0.15, 0.2) is 0 Å². The highest BCUT2D eigenvalue weighted by molar-refractivity contribution is 4.86. The van der Waals surface area contributed by atoms with Gasteiger partial charge in [-0.1, -0.05) is 6.92 Å². The van der Waals surface area contributed by atoms with E-state index in [0.29, 0.717) is 0 Å². The monoisotopic (exact) mass is 305 g/mol. The minimum atomic E-state index is -0.0299. The van der Waals surface area contributed by atoms with Crippen LogP contribution in [0.4, 0.5) is 0 Å². The van der Waals surface area contributed by atoms with Crippen molar-refractivity contribution in [2.75, 3.05) is 19.7 Å². The first-order valence-corrected chi connectivity index (χ1v) is 7.92. The van der Waals surface area contributed by atoms with Gasteiger partial charge in [0.25, 0.3) is 0 Å². The van der Waals surface area contributed by atoms with Gasteiger partial charge >= 0.3 is 0 Å². The average Bonchev–Trinajstić information content (AvgIpc) is 3.20. The molecule has 0 spiro atoms. The number of hydrogen-bond donors (Lipinski definition) is 1. The topological polar surface area (TPSA) is 56.9 Å². The van der Waals surface area contributed by atoms with Crippen LogP contribution in [0.5, 0.6) is 0 Å². The summed E-state index contributed by atoms with van der Waals surface area (Å²) in [7, 11) is 0. The van der Waals surface area contributed by atoms with Crippen LogP contribution in [0, 0.1) is 0 Å². The van der Waals surface area contributed by atoms with E-state index >= 15 is 0 Å². The molecule has 2 rings (SSSR count). The maximum Gasteiger partial charge on any atom is 0.113 e. The van der Waals surface area contributed by atoms with Gasteiger partial charge in [-0.25, -0.2) is 9.97 Å². The van der Waals surface area contributed by atoms with E-state index in [1.807, 2.05) is 25.0 Å². The zero-order chi connectivity index (χ0) is 15.8. The van der Waals surface area contributed by atoms with Gasteiger partial charge in [0, 0.05) is 31.3 Å². The molecule has 0 bridgehead atoms. The molecule has 0 atom stereocenters. The smallest absolute Gasteiger partial charge is 0.113 e. The second-order valence-electron chi connectivity index (χ2n) is 6.00. The van der Waals surface area contributed by atoms with Crippen LogP contribution < -0.4 is 5.32 Å². The maximum absolute atomic E-state index is 5.84. The first kappa shape index (κ1) is 16.7. The average molecular weight is 305 g/mol. The molecule has 0 unspecified atom stereocenters. The lowest BCUT2D eigenvalue weighted by molar-refractivity contribution is -0.0180. The fraction of sp³-hybridized carbons (Fsp3) is 0.625. The summed E-state index contributed by atoms with van der Waals surface area (Å²) in [5, 5.41) is 3.44. The molecule has 0 aliphatic carbocycles. The number of nitrogens with zero attached hydrogens (tertiary/aromatic N) is 4. The molecule has 1 N–H and O–H groups in total. The molecule has 6 heteroatoms. The fourth-order valence-corrected chi connectivity index (χ4v) is 2.20. The minimum absolute atomic E-state index is 0.0299. The fourth-order valence-electron chi connectivity index (χ4n) is 2.20. The zero-order valence-electron chi connectivity index (χ0n) is 13.8. The predicted molar refractivity (Wildman–Crippen MR) is 86.7 cm³/mol. The van der Waals surface area contributed by atoms with Gasteiger partial charge in [-0.2, -0.15) is 0 Å². The Hall–Kier alpha value is -1.66. The molecule has 22 heavy (non-hydrogen) atoms. The highest BCUT2D eigenvalue weighted by Crippen LogP contribution is 2.14. The first-order chi connectivity index (χ1) is 10.6. The number of nitrogens with one attached hydrogen (secondary N) is 1. The largest absolute Gasteiger partial charge is 0.374 e. The van der Waals surface area contributed by atoms with Crippen molar-refractivity contribution in [3.63, 3.8) is 0 Å². The summed E-state index contributed by atoms with van der Waals surface area (Å²) in [6.45, 7) is 8.92. The normalized spacial score (nSPS) is 12.2. The third kappa shape index (κ3) is 4.96. The van der Waals surface area contributed by atoms with E-state index in [0.717, 1.165) is 32.5 Å². The molecule has 2 aromatic heterocycles. The van der Waals surface area contributed by atoms with E-state index < -0.39 is 0 Å². The minimum Gasteiger partial charge on any atom is -0.374 e. The lowest BCUT2D eigenvalue weighted by atomic mass is 10.1. The number of rotatable bonds is 10. The molecule has 0 aliphatic rings. The van der Waals surface area contributed by atoms with Gasteiger partial charge in [-0.3, -0.25) is 0 Å². The van der Waals surface area contributed by atoms with E-state index in [1.54, 1.807) is 12.4 Å². The van der Waals surface area contributed by atoms with Crippen molar-refractivity contribution >= 4 is 0 Å². The number of hydrogen-bond acceptors (Lipinski definition) is 4. The van der Waals surface area contributed by atoms with Crippen molar-refractivity contribution in [2.24, 2.45) is 0 Å². The van der Waals surface area contributed by atoms with Crippen LogP contribution >= 0.6 is 0 Å². The van der Waals surface area contributed by atoms with E-state index in [-0.39, 0.29) is 11.8 Å². The summed E-state index contributed by atoms with van der Waals surface area (Å²) in [5.74, 6) is 0. The SMILES string of the molecule is CCC(C)(C)OCCNCCC(n1ccnc1)n1ccnc1. The van der Waals surface area contributed by atoms with Crippen molar-refractivity contribution in [1.29, 1.82) is 0 Å². The Kier molecular flexibility index (Phi) is 6.15. The first-order valence-electron chi connectivity index (χ1n) is 7.92. The van der Waals surface area contributed by atoms with Crippen LogP contribution in [0.3, 0.4) is 0 Å². The molecule has 0 saturated carbocycles. The van der Waals surface area contributed by atoms with E-state index in [4.69, 9.17) is 4.74 Å². The van der Waals surface area contributed by atoms with Crippen LogP contribution in [0.1, 0.15) is 39.8 Å². The number of imidazole rings is 2. The Morgan fingerprint density at radius 1 is 1.09 bits per heavy atom. The second kappa shape index (κ2) is 8.10. The van der Waals surface area contributed by atoms with Gasteiger partial charge in [-0.15, -0.1) is 0 Å². The summed E-state index contributed by atoms with van der Waals surface area (Å²) in [6, 6.07) is 0. The molecule has 0 fully saturated rings. The van der Waals surface area contributed by atoms with Crippen LogP contribution in [0.2, 0.25) is 0 Å². The summed E-state index contributed by atoms with van der Waals surface area (Å²) in [4.78, 5) is 8.27. The van der Waals surface area contributed by atoms with Crippen LogP contribution in [-0.2, 0) is 4.74 Å². The zero-order valence-corrected chi connectivity index (χ0v) is 13.8. The molecular weight excluding hydrogens is 278 g/mol. The van der Waals surface area contributed by atoms with Crippen molar-refractivity contribution in [2.45, 2.75) is 45.4 Å². The van der Waals surface area contributed by atoms with Crippen LogP contribution in [-0.4, -0.2) is 44.4 Å². The molecule has 0 aliphatic heterocycles. The molecule has 0 aromatic carbocycles. The summed E-state index contributed by atoms with van der Waals surface area (Å²) < 4.78 is 10.0. The summed E-state index contributed by atoms with van der Waals surface area (Å²) >= 11 is 0. The molecule has 122 valence electrons. The standard InChI is InChI=1S/C16H27N5O/c1-4-16(2,3)22-12-9-17-6-5-15(20-10-7-18-13-20)21-11-8-19-14-21/h7-8,10-11,13-15,17H,4-6,9,12H2,1-3H3. The van der Waals surface area contributed by atoms with Gasteiger partial charge in [0.05, 0.1) is 24.9 Å². The second-order valence-corrected chi connectivity index (χ2v) is 6.00. The van der Waals surface area contributed by atoms with Gasteiger partial charge < -0.3 is 19.2 Å². The van der Waals surface area contributed by atoms with Gasteiger partial charge in [-0.05, 0) is 33.2 Å². The highest BCUT2D eigenvalue weighted by atomic mass is 16.5. The Labute approximate surface area is 132 Å². The summed E-state index contributed by atoms with van der Waals surface area (Å²) in [6.07, 6.45) is 13.4. The molecule has 2 aromatic rings. The lowest BCUT2D eigenvalue weighted by Gasteiger charge is -2.24. The van der Waals surface area contributed by atoms with Crippen molar-refractivity contribution in [1.82, 2.24) is 24.4 Å². The molecule has 0 amide bonds. The van der Waals surface area contributed by atoms with E-state index in [1.165, 1.54) is 0 Å². The highest BCUT2D eigenvalue weighted by Gasteiger charge is 2.14. The maximum atomic E-state index is 5.84. The Bertz CT molecular complexity index is 472. The molecule has 0 radical (unpaired) electrons. The molecule has 6 nitrogen and oxygen atoms in total. The van der Waals surface area contributed by atoms with Crippen LogP contribution in [0.15, 0.2) is 37.4 Å². The van der Waals surface area contributed by atoms with Crippen molar-refractivity contribution in [3.05, 3.63) is 37.4 Å². The van der Waals surface area contributed by atoms with Crippen molar-refractivity contribution in [3.8, 4) is 0 Å². The molecular formula is C16H27N5O. The lowest BCUT2D eigenvalue weighted by Crippen LogP contribution is -2.30. The molecule has 0 saturated heterocycles. The van der Waals surface area contributed by atoms with Crippen LogP contribution in [0.25, 0.3) is 0 Å². The number of aromatic nitrogens is 4. The van der Waals surface area contributed by atoms with E-state index in [2.05, 4.69) is 45.2 Å². The number of ether oxygens (including phenoxy) is 1. The molecule has 2 heterocycles. The Morgan fingerprint density at radius 3 is 2.23 bits per heavy atom. The summed E-state index contributed by atoms with van der Waals surface area (Å²) in [5.41, 5.74) is -0.0299. The predicted octanol–water partition coefficient (Wildman–Crippen LogP) is 2.31. The van der Waals surface area contributed by atoms with E-state index in [9.17, 15) is 0 Å². The van der Waals surface area contributed by atoms with Gasteiger partial charge in [0.2, 0.25) is 0 Å². The van der Waals surface area contributed by atoms with Gasteiger partial charge in [0.1, 0.15) is 6.17 Å². The third-order valence-electron chi connectivity index (χ3n) is 3.94. The third-order valence-corrected chi connectivity index (χ3v) is 3.94. The van der Waals surface area contributed by atoms with Crippen molar-refractivity contribution < 1.29 is 4.74 Å². The Balaban J connectivity index is 1.74. The quantitative estimate of drug-likeness (QED) is 0.684. The Morgan fingerprint density at radius 2 is 1.73 bits per heavy atom.